The molecule has 6 atom stereocenters. The van der Waals surface area contributed by atoms with Gasteiger partial charge in [-0.2, -0.15) is 0 Å². The van der Waals surface area contributed by atoms with E-state index < -0.39 is 51.1 Å². The molecule has 2 heterocycles. The SMILES string of the molecule is CN[C@@H](C)C(=O)N[C@H]1CCS(=O)(=O)[C@H]2CC(C3CCc4ccccc4C3)[C@H](C(N)=O)N2C1=O. The van der Waals surface area contributed by atoms with E-state index >= 15 is 0 Å². The zero-order chi connectivity index (χ0) is 23.9. The highest BCUT2D eigenvalue weighted by Crippen LogP contribution is 2.43. The quantitative estimate of drug-likeness (QED) is 0.535. The summed E-state index contributed by atoms with van der Waals surface area (Å²) in [7, 11) is -2.07. The fourth-order valence-electron chi connectivity index (χ4n) is 5.63. The number of nitrogens with zero attached hydrogens (tertiary/aromatic N) is 1. The van der Waals surface area contributed by atoms with Crippen LogP contribution in [-0.4, -0.2) is 67.3 Å². The molecule has 2 unspecified atom stereocenters. The van der Waals surface area contributed by atoms with Crippen LogP contribution in [0.5, 0.6) is 0 Å². The number of amides is 3. The molecule has 2 fully saturated rings. The minimum atomic E-state index is -3.69. The van der Waals surface area contributed by atoms with Gasteiger partial charge in [0.05, 0.1) is 11.8 Å². The highest BCUT2D eigenvalue weighted by Gasteiger charge is 2.56. The minimum absolute atomic E-state index is 0.0245. The van der Waals surface area contributed by atoms with E-state index in [0.717, 1.165) is 19.3 Å². The maximum atomic E-state index is 13.5. The van der Waals surface area contributed by atoms with Gasteiger partial charge in [-0.1, -0.05) is 24.3 Å². The lowest BCUT2D eigenvalue weighted by atomic mass is 9.74. The Hall–Kier alpha value is -2.46. The number of nitrogens with one attached hydrogen (secondary N) is 2. The molecule has 0 saturated carbocycles. The molecular weight excluding hydrogens is 444 g/mol. The molecule has 0 radical (unpaired) electrons. The summed E-state index contributed by atoms with van der Waals surface area (Å²) in [5, 5.41) is 4.38. The van der Waals surface area contributed by atoms with E-state index in [4.69, 9.17) is 5.73 Å². The van der Waals surface area contributed by atoms with E-state index in [-0.39, 0.29) is 30.4 Å². The maximum Gasteiger partial charge on any atom is 0.246 e. The number of carbonyl (C=O) groups excluding carboxylic acids is 3. The van der Waals surface area contributed by atoms with Gasteiger partial charge in [-0.05, 0) is 69.0 Å². The smallest absolute Gasteiger partial charge is 0.246 e. The fraction of sp³-hybridized carbons (Fsp3) is 0.609. The van der Waals surface area contributed by atoms with Crippen molar-refractivity contribution in [3.63, 3.8) is 0 Å². The van der Waals surface area contributed by atoms with Crippen molar-refractivity contribution in [1.82, 2.24) is 15.5 Å². The molecule has 180 valence electrons. The molecule has 0 bridgehead atoms. The molecule has 10 heteroatoms. The van der Waals surface area contributed by atoms with E-state index in [1.807, 2.05) is 12.1 Å². The summed E-state index contributed by atoms with van der Waals surface area (Å²) in [6.07, 6.45) is 2.54. The lowest BCUT2D eigenvalue weighted by Crippen LogP contribution is -2.57. The monoisotopic (exact) mass is 476 g/mol. The van der Waals surface area contributed by atoms with Crippen LogP contribution >= 0.6 is 0 Å². The van der Waals surface area contributed by atoms with Crippen LogP contribution in [0.1, 0.15) is 37.3 Å². The number of sulfone groups is 1. The number of hydrogen-bond donors (Lipinski definition) is 3. The Labute approximate surface area is 194 Å². The van der Waals surface area contributed by atoms with Gasteiger partial charge in [0.1, 0.15) is 17.5 Å². The van der Waals surface area contributed by atoms with Crippen LogP contribution in [0.3, 0.4) is 0 Å². The third kappa shape index (κ3) is 4.38. The number of rotatable bonds is 5. The molecule has 4 N–H and O–H groups in total. The molecule has 2 aliphatic heterocycles. The van der Waals surface area contributed by atoms with Crippen molar-refractivity contribution in [2.24, 2.45) is 17.6 Å². The molecule has 3 amide bonds. The first kappa shape index (κ1) is 23.7. The van der Waals surface area contributed by atoms with Crippen LogP contribution in [0.4, 0.5) is 0 Å². The van der Waals surface area contributed by atoms with Gasteiger partial charge in [0.25, 0.3) is 0 Å². The van der Waals surface area contributed by atoms with Gasteiger partial charge < -0.3 is 21.3 Å². The lowest BCUT2D eigenvalue weighted by molar-refractivity contribution is -0.142. The van der Waals surface area contributed by atoms with Crippen LogP contribution in [0, 0.1) is 11.8 Å². The molecule has 3 aliphatic rings. The van der Waals surface area contributed by atoms with Gasteiger partial charge in [0, 0.05) is 0 Å². The molecule has 0 spiro atoms. The Morgan fingerprint density at radius 2 is 1.88 bits per heavy atom. The van der Waals surface area contributed by atoms with Gasteiger partial charge in [-0.25, -0.2) is 8.42 Å². The van der Waals surface area contributed by atoms with E-state index in [9.17, 15) is 22.8 Å². The van der Waals surface area contributed by atoms with Crippen LogP contribution in [0.25, 0.3) is 0 Å². The number of carbonyl (C=O) groups is 3. The number of nitrogens with two attached hydrogens (primary N) is 1. The van der Waals surface area contributed by atoms with Gasteiger partial charge in [0.15, 0.2) is 9.84 Å². The van der Waals surface area contributed by atoms with Crippen molar-refractivity contribution in [3.8, 4) is 0 Å². The van der Waals surface area contributed by atoms with Crippen LogP contribution in [0.2, 0.25) is 0 Å². The van der Waals surface area contributed by atoms with Gasteiger partial charge >= 0.3 is 0 Å². The molecule has 0 aromatic heterocycles. The number of hydrogen-bond acceptors (Lipinski definition) is 6. The number of aryl methyl sites for hydroxylation is 1. The summed E-state index contributed by atoms with van der Waals surface area (Å²) in [6, 6.07) is 5.56. The third-order valence-corrected chi connectivity index (χ3v) is 9.63. The summed E-state index contributed by atoms with van der Waals surface area (Å²) in [5.74, 6) is -2.16. The van der Waals surface area contributed by atoms with Crippen molar-refractivity contribution in [3.05, 3.63) is 35.4 Å². The Morgan fingerprint density at radius 3 is 2.55 bits per heavy atom. The minimum Gasteiger partial charge on any atom is -0.368 e. The topological polar surface area (TPSA) is 139 Å². The largest absolute Gasteiger partial charge is 0.368 e. The van der Waals surface area contributed by atoms with E-state index in [2.05, 4.69) is 22.8 Å². The first-order valence-corrected chi connectivity index (χ1v) is 13.2. The average molecular weight is 477 g/mol. The fourth-order valence-corrected chi connectivity index (χ4v) is 7.57. The predicted molar refractivity (Wildman–Crippen MR) is 123 cm³/mol. The highest BCUT2D eigenvalue weighted by atomic mass is 32.2. The van der Waals surface area contributed by atoms with Crippen LogP contribution in [-0.2, 0) is 37.1 Å². The summed E-state index contributed by atoms with van der Waals surface area (Å²) >= 11 is 0. The normalized spacial score (nSPS) is 31.8. The summed E-state index contributed by atoms with van der Waals surface area (Å²) in [5.41, 5.74) is 8.25. The first-order valence-electron chi connectivity index (χ1n) is 11.5. The van der Waals surface area contributed by atoms with Crippen molar-refractivity contribution in [2.75, 3.05) is 12.8 Å². The molecule has 33 heavy (non-hydrogen) atoms. The second-order valence-electron chi connectivity index (χ2n) is 9.45. The number of primary amides is 1. The van der Waals surface area contributed by atoms with Crippen molar-refractivity contribution >= 4 is 27.6 Å². The summed E-state index contributed by atoms with van der Waals surface area (Å²) < 4.78 is 26.3. The van der Waals surface area contributed by atoms with E-state index in [1.54, 1.807) is 14.0 Å². The van der Waals surface area contributed by atoms with E-state index in [0.29, 0.717) is 0 Å². The Morgan fingerprint density at radius 1 is 1.18 bits per heavy atom. The average Bonchev–Trinajstić information content (AvgIpc) is 3.19. The molecular formula is C23H32N4O5S. The Bertz CT molecular complexity index is 1060. The third-order valence-electron chi connectivity index (χ3n) is 7.57. The molecule has 1 aliphatic carbocycles. The molecule has 1 aromatic rings. The zero-order valence-electron chi connectivity index (χ0n) is 19.0. The zero-order valence-corrected chi connectivity index (χ0v) is 19.8. The number of likely N-dealkylation sites (N-methyl/N-ethyl adjacent to an activating group) is 1. The van der Waals surface area contributed by atoms with Gasteiger partial charge in [-0.15, -0.1) is 0 Å². The molecule has 1 aromatic carbocycles. The summed E-state index contributed by atoms with van der Waals surface area (Å²) in [4.78, 5) is 39.8. The van der Waals surface area contributed by atoms with Gasteiger partial charge in [-0.3, -0.25) is 14.4 Å². The van der Waals surface area contributed by atoms with Gasteiger partial charge in [0.2, 0.25) is 17.7 Å². The van der Waals surface area contributed by atoms with Crippen LogP contribution in [0.15, 0.2) is 24.3 Å². The Kier molecular flexibility index (Phi) is 6.50. The van der Waals surface area contributed by atoms with Crippen molar-refractivity contribution in [1.29, 1.82) is 0 Å². The molecule has 4 rings (SSSR count). The molecule has 9 nitrogen and oxygen atoms in total. The number of benzene rings is 1. The standard InChI is InChI=1S/C23H32N4O5S/c1-13(25-2)22(29)26-18-9-10-33(31,32)19-12-17(20(21(24)28)27(19)23(18)30)16-8-7-14-5-3-4-6-15(14)11-16/h3-6,13,16-20,25H,7-12H2,1-2H3,(H2,24,28)(H,26,29)/t13-,16?,17?,18-,19-,20+/m0/s1. The molecule has 2 saturated heterocycles. The Balaban J connectivity index is 1.65. The second-order valence-corrected chi connectivity index (χ2v) is 11.7. The maximum absolute atomic E-state index is 13.5. The number of fused-ring (bicyclic) bond motifs is 2. The van der Waals surface area contributed by atoms with Crippen molar-refractivity contribution < 1.29 is 22.8 Å². The second kappa shape index (κ2) is 9.06. The van der Waals surface area contributed by atoms with Crippen molar-refractivity contribution in [2.45, 2.75) is 62.5 Å². The summed E-state index contributed by atoms with van der Waals surface area (Å²) in [6.45, 7) is 1.65. The lowest BCUT2D eigenvalue weighted by Gasteiger charge is -2.34. The van der Waals surface area contributed by atoms with Crippen LogP contribution < -0.4 is 16.4 Å². The predicted octanol–water partition coefficient (Wildman–Crippen LogP) is -0.269. The first-order chi connectivity index (χ1) is 15.6. The van der Waals surface area contributed by atoms with E-state index in [1.165, 1.54) is 16.0 Å². The highest BCUT2D eigenvalue weighted by molar-refractivity contribution is 7.92.